The largest absolute Gasteiger partial charge is 0.384 e. The molecule has 0 aromatic carbocycles. The van der Waals surface area contributed by atoms with Crippen LogP contribution in [0.1, 0.15) is 19.8 Å². The summed E-state index contributed by atoms with van der Waals surface area (Å²) in [6, 6.07) is 0. The number of methoxy groups -OCH3 is 1. The Bertz CT molecular complexity index is 306. The Labute approximate surface area is 105 Å². The lowest BCUT2D eigenvalue weighted by Crippen LogP contribution is -2.44. The lowest BCUT2D eigenvalue weighted by Gasteiger charge is -2.32. The first-order chi connectivity index (χ1) is 8.10. The summed E-state index contributed by atoms with van der Waals surface area (Å²) in [6.07, 6.45) is 2.07. The molecule has 17 heavy (non-hydrogen) atoms. The van der Waals surface area contributed by atoms with Gasteiger partial charge in [0.1, 0.15) is 0 Å². The maximum Gasteiger partial charge on any atom is 0.216 e. The zero-order chi connectivity index (χ0) is 12.7. The summed E-state index contributed by atoms with van der Waals surface area (Å²) < 4.78 is 30.4. The second-order valence-corrected chi connectivity index (χ2v) is 6.57. The first-order valence-electron chi connectivity index (χ1n) is 6.27. The number of hydrogen-bond donors (Lipinski definition) is 1. The minimum Gasteiger partial charge on any atom is -0.384 e. The van der Waals surface area contributed by atoms with Gasteiger partial charge in [0.25, 0.3) is 0 Å². The third-order valence-corrected chi connectivity index (χ3v) is 4.90. The van der Waals surface area contributed by atoms with E-state index in [2.05, 4.69) is 12.2 Å². The molecule has 1 unspecified atom stereocenters. The SMILES string of the molecule is CCNCC1CCCN(S(=O)(=O)CCOC)C1. The van der Waals surface area contributed by atoms with E-state index >= 15 is 0 Å². The maximum absolute atomic E-state index is 12.0. The maximum atomic E-state index is 12.0. The molecule has 5 nitrogen and oxygen atoms in total. The molecule has 6 heteroatoms. The molecular formula is C11H24N2O3S. The number of nitrogens with zero attached hydrogens (tertiary/aromatic N) is 1. The molecule has 0 saturated carbocycles. The van der Waals surface area contributed by atoms with E-state index in [1.165, 1.54) is 7.11 Å². The van der Waals surface area contributed by atoms with Crippen molar-refractivity contribution in [3.8, 4) is 0 Å². The molecule has 102 valence electrons. The van der Waals surface area contributed by atoms with E-state index in [1.54, 1.807) is 4.31 Å². The Morgan fingerprint density at radius 2 is 2.24 bits per heavy atom. The minimum atomic E-state index is -3.12. The summed E-state index contributed by atoms with van der Waals surface area (Å²) in [5.74, 6) is 0.540. The summed E-state index contributed by atoms with van der Waals surface area (Å²) in [5, 5.41) is 3.29. The van der Waals surface area contributed by atoms with Gasteiger partial charge < -0.3 is 10.1 Å². The predicted molar refractivity (Wildman–Crippen MR) is 68.5 cm³/mol. The van der Waals surface area contributed by atoms with Crippen LogP contribution >= 0.6 is 0 Å². The van der Waals surface area contributed by atoms with E-state index in [-0.39, 0.29) is 12.4 Å². The highest BCUT2D eigenvalue weighted by atomic mass is 32.2. The molecule has 1 atom stereocenters. The van der Waals surface area contributed by atoms with Gasteiger partial charge in [0.05, 0.1) is 12.4 Å². The average Bonchev–Trinajstić information content (AvgIpc) is 2.34. The molecule has 0 aromatic rings. The van der Waals surface area contributed by atoms with E-state index in [0.717, 1.165) is 25.9 Å². The van der Waals surface area contributed by atoms with Crippen molar-refractivity contribution in [1.82, 2.24) is 9.62 Å². The predicted octanol–water partition coefficient (Wildman–Crippen LogP) is 0.284. The smallest absolute Gasteiger partial charge is 0.216 e. The molecular weight excluding hydrogens is 240 g/mol. The number of sulfonamides is 1. The lowest BCUT2D eigenvalue weighted by molar-refractivity contribution is 0.212. The van der Waals surface area contributed by atoms with E-state index < -0.39 is 10.0 Å². The molecule has 1 N–H and O–H groups in total. The van der Waals surface area contributed by atoms with Gasteiger partial charge >= 0.3 is 0 Å². The Balaban J connectivity index is 2.47. The molecule has 0 aromatic heterocycles. The van der Waals surface area contributed by atoms with Crippen LogP contribution in [-0.2, 0) is 14.8 Å². The van der Waals surface area contributed by atoms with Gasteiger partial charge in [-0.1, -0.05) is 6.92 Å². The van der Waals surface area contributed by atoms with Crippen molar-refractivity contribution in [3.05, 3.63) is 0 Å². The van der Waals surface area contributed by atoms with Gasteiger partial charge in [0.15, 0.2) is 0 Å². The molecule has 0 spiro atoms. The Kier molecular flexibility index (Phi) is 6.40. The molecule has 0 amide bonds. The van der Waals surface area contributed by atoms with E-state index in [4.69, 9.17) is 4.74 Å². The van der Waals surface area contributed by atoms with Crippen LogP contribution in [0, 0.1) is 5.92 Å². The van der Waals surface area contributed by atoms with Gasteiger partial charge in [-0.05, 0) is 31.8 Å². The number of nitrogens with one attached hydrogen (secondary N) is 1. The van der Waals surface area contributed by atoms with Crippen molar-refractivity contribution in [1.29, 1.82) is 0 Å². The summed E-state index contributed by atoms with van der Waals surface area (Å²) >= 11 is 0. The second-order valence-electron chi connectivity index (χ2n) is 4.48. The third-order valence-electron chi connectivity index (χ3n) is 3.10. The Hall–Kier alpha value is -0.170. The third kappa shape index (κ3) is 4.91. The van der Waals surface area contributed by atoms with Crippen molar-refractivity contribution in [3.63, 3.8) is 0 Å². The fourth-order valence-corrected chi connectivity index (χ4v) is 3.59. The fraction of sp³-hybridized carbons (Fsp3) is 1.00. The van der Waals surface area contributed by atoms with E-state index in [0.29, 0.717) is 19.0 Å². The number of ether oxygens (including phenoxy) is 1. The average molecular weight is 264 g/mol. The van der Waals surface area contributed by atoms with Gasteiger partial charge in [0.2, 0.25) is 10.0 Å². The van der Waals surface area contributed by atoms with E-state index in [1.807, 2.05) is 0 Å². The van der Waals surface area contributed by atoms with Crippen molar-refractivity contribution in [2.45, 2.75) is 19.8 Å². The minimum absolute atomic E-state index is 0.0947. The van der Waals surface area contributed by atoms with Crippen LogP contribution in [0.5, 0.6) is 0 Å². The van der Waals surface area contributed by atoms with Crippen molar-refractivity contribution in [2.75, 3.05) is 45.6 Å². The molecule has 1 aliphatic rings. The summed E-state index contributed by atoms with van der Waals surface area (Å²) in [5.41, 5.74) is 0. The normalized spacial score (nSPS) is 22.8. The molecule has 1 aliphatic heterocycles. The Morgan fingerprint density at radius 1 is 1.47 bits per heavy atom. The highest BCUT2D eigenvalue weighted by Crippen LogP contribution is 2.18. The zero-order valence-electron chi connectivity index (χ0n) is 10.8. The number of piperidine rings is 1. The summed E-state index contributed by atoms with van der Waals surface area (Å²) in [6.45, 7) is 5.50. The van der Waals surface area contributed by atoms with Crippen LogP contribution in [0.15, 0.2) is 0 Å². The standard InChI is InChI=1S/C11H24N2O3S/c1-3-12-9-11-5-4-6-13(10-11)17(14,15)8-7-16-2/h11-12H,3-10H2,1-2H3. The highest BCUT2D eigenvalue weighted by Gasteiger charge is 2.28. The molecule has 1 fully saturated rings. The van der Waals surface area contributed by atoms with Gasteiger partial charge in [-0.25, -0.2) is 12.7 Å². The van der Waals surface area contributed by atoms with Crippen LogP contribution in [0.3, 0.4) is 0 Å². The van der Waals surface area contributed by atoms with Gasteiger partial charge in [-0.3, -0.25) is 0 Å². The van der Waals surface area contributed by atoms with E-state index in [9.17, 15) is 8.42 Å². The highest BCUT2D eigenvalue weighted by molar-refractivity contribution is 7.89. The molecule has 0 bridgehead atoms. The summed E-state index contributed by atoms with van der Waals surface area (Å²) in [7, 11) is -1.60. The van der Waals surface area contributed by atoms with Crippen LogP contribution in [0.2, 0.25) is 0 Å². The molecule has 1 saturated heterocycles. The fourth-order valence-electron chi connectivity index (χ4n) is 2.11. The first-order valence-corrected chi connectivity index (χ1v) is 7.88. The first kappa shape index (κ1) is 14.9. The zero-order valence-corrected chi connectivity index (χ0v) is 11.6. The van der Waals surface area contributed by atoms with Crippen LogP contribution in [0.4, 0.5) is 0 Å². The quantitative estimate of drug-likeness (QED) is 0.718. The molecule has 1 rings (SSSR count). The monoisotopic (exact) mass is 264 g/mol. The van der Waals surface area contributed by atoms with Crippen molar-refractivity contribution < 1.29 is 13.2 Å². The van der Waals surface area contributed by atoms with Crippen LogP contribution in [0.25, 0.3) is 0 Å². The Morgan fingerprint density at radius 3 is 2.88 bits per heavy atom. The lowest BCUT2D eigenvalue weighted by atomic mass is 10.00. The van der Waals surface area contributed by atoms with Crippen molar-refractivity contribution in [2.24, 2.45) is 5.92 Å². The molecule has 1 heterocycles. The topological polar surface area (TPSA) is 58.6 Å². The van der Waals surface area contributed by atoms with Gasteiger partial charge in [0, 0.05) is 20.2 Å². The second kappa shape index (κ2) is 7.31. The van der Waals surface area contributed by atoms with Gasteiger partial charge in [-0.15, -0.1) is 0 Å². The van der Waals surface area contributed by atoms with Gasteiger partial charge in [-0.2, -0.15) is 0 Å². The number of rotatable bonds is 7. The van der Waals surface area contributed by atoms with Crippen LogP contribution < -0.4 is 5.32 Å². The summed E-state index contributed by atoms with van der Waals surface area (Å²) in [4.78, 5) is 0. The van der Waals surface area contributed by atoms with Crippen LogP contribution in [-0.4, -0.2) is 58.4 Å². The van der Waals surface area contributed by atoms with Crippen molar-refractivity contribution >= 4 is 10.0 Å². The number of hydrogen-bond acceptors (Lipinski definition) is 4. The molecule has 0 radical (unpaired) electrons. The molecule has 0 aliphatic carbocycles.